The Labute approximate surface area is 74.3 Å². The van der Waals surface area contributed by atoms with Crippen LogP contribution in [-0.4, -0.2) is 11.7 Å². The predicted molar refractivity (Wildman–Crippen MR) is 46.1 cm³/mol. The lowest BCUT2D eigenvalue weighted by Crippen LogP contribution is -1.94. The fraction of sp³-hybridized carbons (Fsp3) is 0.111. The highest BCUT2D eigenvalue weighted by Crippen LogP contribution is 2.22. The zero-order valence-corrected chi connectivity index (χ0v) is 6.80. The van der Waals surface area contributed by atoms with E-state index in [0.29, 0.717) is 0 Å². The molecule has 0 bridgehead atoms. The number of hydrogen-bond acceptors (Lipinski definition) is 2. The van der Waals surface area contributed by atoms with Gasteiger partial charge in [-0.3, -0.25) is 0 Å². The van der Waals surface area contributed by atoms with Crippen LogP contribution in [0.3, 0.4) is 0 Å². The van der Waals surface area contributed by atoms with Gasteiger partial charge in [0.25, 0.3) is 0 Å². The minimum atomic E-state index is -0.968. The summed E-state index contributed by atoms with van der Waals surface area (Å²) in [6.07, 6.45) is 2.60. The maximum Gasteiger partial charge on any atom is 0.174 e. The Kier molecular flexibility index (Phi) is 2.97. The van der Waals surface area contributed by atoms with Gasteiger partial charge in [-0.05, 0) is 12.1 Å². The highest BCUT2D eigenvalue weighted by atomic mass is 19.1. The smallest absolute Gasteiger partial charge is 0.174 e. The number of phenols is 1. The summed E-state index contributed by atoms with van der Waals surface area (Å²) >= 11 is 0. The van der Waals surface area contributed by atoms with Crippen LogP contribution in [0.25, 0.3) is 6.08 Å². The maximum atomic E-state index is 13.0. The van der Waals surface area contributed by atoms with Gasteiger partial charge >= 0.3 is 0 Å². The topological polar surface area (TPSA) is 46.2 Å². The second kappa shape index (κ2) is 4.00. The van der Waals surface area contributed by atoms with Crippen molar-refractivity contribution in [1.82, 2.24) is 0 Å². The normalized spacial score (nSPS) is 11.0. The van der Waals surface area contributed by atoms with Crippen molar-refractivity contribution in [2.75, 3.05) is 6.54 Å². The Morgan fingerprint density at radius 1 is 1.38 bits per heavy atom. The number of hydrogen-bond donors (Lipinski definition) is 2. The monoisotopic (exact) mass is 185 g/mol. The Hall–Kier alpha value is -1.42. The zero-order chi connectivity index (χ0) is 9.84. The van der Waals surface area contributed by atoms with E-state index in [-0.39, 0.29) is 12.1 Å². The summed E-state index contributed by atoms with van der Waals surface area (Å²) in [6.45, 7) is 0.189. The summed E-state index contributed by atoms with van der Waals surface area (Å²) in [5.41, 5.74) is 4.85. The molecule has 4 heteroatoms. The SMILES string of the molecule is NC/C=C/c1c(F)ccc(O)c1F. The number of phenolic OH excluding ortho intramolecular Hbond substituents is 1. The Morgan fingerprint density at radius 2 is 2.08 bits per heavy atom. The molecule has 0 aliphatic carbocycles. The van der Waals surface area contributed by atoms with Gasteiger partial charge in [-0.15, -0.1) is 0 Å². The van der Waals surface area contributed by atoms with Crippen LogP contribution in [0.1, 0.15) is 5.56 Å². The third-order valence-electron chi connectivity index (χ3n) is 1.53. The average Bonchev–Trinajstić information content (AvgIpc) is 2.12. The molecule has 0 aromatic heterocycles. The minimum absolute atomic E-state index is 0.189. The fourth-order valence-corrected chi connectivity index (χ4v) is 0.897. The van der Waals surface area contributed by atoms with Gasteiger partial charge in [-0.1, -0.05) is 12.2 Å². The van der Waals surface area contributed by atoms with Gasteiger partial charge in [0.1, 0.15) is 5.82 Å². The van der Waals surface area contributed by atoms with Crippen molar-refractivity contribution in [3.8, 4) is 5.75 Å². The van der Waals surface area contributed by atoms with Gasteiger partial charge in [-0.25, -0.2) is 8.78 Å². The van der Waals surface area contributed by atoms with Gasteiger partial charge in [0, 0.05) is 12.1 Å². The lowest BCUT2D eigenvalue weighted by atomic mass is 10.1. The van der Waals surface area contributed by atoms with Crippen molar-refractivity contribution < 1.29 is 13.9 Å². The molecule has 1 aromatic rings. The van der Waals surface area contributed by atoms with Crippen molar-refractivity contribution in [3.63, 3.8) is 0 Å². The van der Waals surface area contributed by atoms with Gasteiger partial charge in [-0.2, -0.15) is 0 Å². The first-order valence-electron chi connectivity index (χ1n) is 3.70. The van der Waals surface area contributed by atoms with E-state index in [4.69, 9.17) is 10.8 Å². The molecule has 0 aliphatic heterocycles. The molecule has 0 saturated heterocycles. The average molecular weight is 185 g/mol. The second-order valence-corrected chi connectivity index (χ2v) is 2.43. The van der Waals surface area contributed by atoms with Gasteiger partial charge < -0.3 is 10.8 Å². The van der Waals surface area contributed by atoms with Crippen molar-refractivity contribution in [2.45, 2.75) is 0 Å². The predicted octanol–water partition coefficient (Wildman–Crippen LogP) is 1.64. The molecule has 0 radical (unpaired) electrons. The zero-order valence-electron chi connectivity index (χ0n) is 6.80. The largest absolute Gasteiger partial charge is 0.505 e. The van der Waals surface area contributed by atoms with E-state index in [1.807, 2.05) is 0 Å². The molecule has 70 valence electrons. The van der Waals surface area contributed by atoms with E-state index in [9.17, 15) is 8.78 Å². The standard InChI is InChI=1S/C9H9F2NO/c10-7-3-4-8(13)9(11)6(7)2-1-5-12/h1-4,13H,5,12H2/b2-1+. The first-order valence-corrected chi connectivity index (χ1v) is 3.70. The molecule has 3 N–H and O–H groups in total. The number of halogens is 2. The highest BCUT2D eigenvalue weighted by Gasteiger charge is 2.09. The molecule has 0 atom stereocenters. The molecule has 0 spiro atoms. The molecule has 1 aromatic carbocycles. The third kappa shape index (κ3) is 2.03. The molecule has 1 rings (SSSR count). The lowest BCUT2D eigenvalue weighted by molar-refractivity contribution is 0.427. The molecule has 0 fully saturated rings. The van der Waals surface area contributed by atoms with E-state index in [1.54, 1.807) is 0 Å². The minimum Gasteiger partial charge on any atom is -0.505 e. The van der Waals surface area contributed by atoms with Crippen molar-refractivity contribution in [1.29, 1.82) is 0 Å². The Balaban J connectivity index is 3.17. The summed E-state index contributed by atoms with van der Waals surface area (Å²) in [5, 5.41) is 8.92. The molecule has 2 nitrogen and oxygen atoms in total. The van der Waals surface area contributed by atoms with Crippen LogP contribution in [-0.2, 0) is 0 Å². The van der Waals surface area contributed by atoms with Crippen LogP contribution in [0.2, 0.25) is 0 Å². The van der Waals surface area contributed by atoms with Crippen LogP contribution in [0.15, 0.2) is 18.2 Å². The fourth-order valence-electron chi connectivity index (χ4n) is 0.897. The molecule has 0 heterocycles. The Bertz CT molecular complexity index is 337. The molecule has 0 unspecified atom stereocenters. The summed E-state index contributed by atoms with van der Waals surface area (Å²) in [6, 6.07) is 1.96. The first kappa shape index (κ1) is 9.67. The van der Waals surface area contributed by atoms with Crippen LogP contribution in [0, 0.1) is 11.6 Å². The quantitative estimate of drug-likeness (QED) is 0.735. The third-order valence-corrected chi connectivity index (χ3v) is 1.53. The number of benzene rings is 1. The highest BCUT2D eigenvalue weighted by molar-refractivity contribution is 5.53. The summed E-state index contributed by atoms with van der Waals surface area (Å²) in [7, 11) is 0. The molecule has 13 heavy (non-hydrogen) atoms. The van der Waals surface area contributed by atoms with Crippen LogP contribution in [0.5, 0.6) is 5.75 Å². The van der Waals surface area contributed by atoms with Crippen molar-refractivity contribution in [3.05, 3.63) is 35.4 Å². The van der Waals surface area contributed by atoms with Crippen molar-refractivity contribution in [2.24, 2.45) is 5.73 Å². The van der Waals surface area contributed by atoms with Gasteiger partial charge in [0.15, 0.2) is 11.6 Å². The van der Waals surface area contributed by atoms with Crippen LogP contribution < -0.4 is 5.73 Å². The van der Waals surface area contributed by atoms with E-state index in [1.165, 1.54) is 12.2 Å². The van der Waals surface area contributed by atoms with Gasteiger partial charge in [0.05, 0.1) is 0 Å². The first-order chi connectivity index (χ1) is 6.16. The van der Waals surface area contributed by atoms with Crippen molar-refractivity contribution >= 4 is 6.08 Å². The van der Waals surface area contributed by atoms with Crippen LogP contribution in [0.4, 0.5) is 8.78 Å². The van der Waals surface area contributed by atoms with Gasteiger partial charge in [0.2, 0.25) is 0 Å². The maximum absolute atomic E-state index is 13.0. The number of aromatic hydroxyl groups is 1. The van der Waals surface area contributed by atoms with E-state index in [2.05, 4.69) is 0 Å². The van der Waals surface area contributed by atoms with E-state index >= 15 is 0 Å². The number of nitrogens with two attached hydrogens (primary N) is 1. The summed E-state index contributed by atoms with van der Waals surface area (Å²) in [4.78, 5) is 0. The molecule has 0 aliphatic rings. The molecule has 0 amide bonds. The lowest BCUT2D eigenvalue weighted by Gasteiger charge is -2.00. The Morgan fingerprint density at radius 3 is 2.69 bits per heavy atom. The second-order valence-electron chi connectivity index (χ2n) is 2.43. The molecular formula is C9H9F2NO. The summed E-state index contributed by atoms with van der Waals surface area (Å²) < 4.78 is 25.9. The molecule has 0 saturated carbocycles. The van der Waals surface area contributed by atoms with E-state index in [0.717, 1.165) is 12.1 Å². The van der Waals surface area contributed by atoms with Crippen LogP contribution >= 0.6 is 0 Å². The van der Waals surface area contributed by atoms with E-state index < -0.39 is 17.4 Å². The summed E-state index contributed by atoms with van der Waals surface area (Å²) in [5.74, 6) is -2.26. The molecular weight excluding hydrogens is 176 g/mol. The number of rotatable bonds is 2.